The number of hydrogen-bond donors (Lipinski definition) is 22. The topological polar surface area (TPSA) is 624 Å². The SMILES string of the molecule is CC(=O)N[C@H]1[C@H](OC[C@@H](O)[C@H](O)[C@H](O[C@@H]2O[C@H](CO)[C@H](O)[C@H](O[C@]3(C(=O)O)C[C@H](O)[C@@H](NC(C)=O)[C@H]([C@H](O)[C@H](O)CO)O3)[C@H]2O)[C@H](CO)NC(C)=O)O[C@H](CO)[C@@H](O[C@@H]2O[C@H](CO)[C@H](O)[C@H](OS(=O)(=O)O)[C@H]2O)[C@@H]1O[C@@H]1O[C@@H](C)[C@@H](O)[C@@H](O)[C@@H]1O. The second-order valence-electron chi connectivity index (χ2n) is 20.7. The van der Waals surface area contributed by atoms with Gasteiger partial charge in [0.1, 0.15) is 128 Å². The first-order valence-corrected chi connectivity index (χ1v) is 27.5. The molecule has 0 saturated carbocycles. The van der Waals surface area contributed by atoms with Crippen LogP contribution in [0.3, 0.4) is 0 Å². The summed E-state index contributed by atoms with van der Waals surface area (Å²) in [4.78, 5) is 50.6. The lowest BCUT2D eigenvalue weighted by Crippen LogP contribution is -2.70. The van der Waals surface area contributed by atoms with Crippen LogP contribution in [0.2, 0.25) is 0 Å². The minimum absolute atomic E-state index is 0.858. The van der Waals surface area contributed by atoms with E-state index in [1.54, 1.807) is 0 Å². The molecule has 3 amide bonds. The fourth-order valence-electron chi connectivity index (χ4n) is 10.1. The maximum absolute atomic E-state index is 13.1. The first-order chi connectivity index (χ1) is 39.7. The molecule has 5 aliphatic rings. The third kappa shape index (κ3) is 17.3. The molecule has 0 aromatic rings. The fraction of sp³-hybridized carbons (Fsp3) is 0.911. The van der Waals surface area contributed by atoms with E-state index in [0.717, 1.165) is 20.8 Å². The molecule has 0 aromatic heterocycles. The van der Waals surface area contributed by atoms with Crippen LogP contribution in [0, 0.1) is 0 Å². The maximum atomic E-state index is 13.1. The van der Waals surface area contributed by atoms with Crippen molar-refractivity contribution in [1.29, 1.82) is 0 Å². The van der Waals surface area contributed by atoms with Crippen molar-refractivity contribution >= 4 is 34.1 Å². The van der Waals surface area contributed by atoms with E-state index in [0.29, 0.717) is 0 Å². The van der Waals surface area contributed by atoms with Gasteiger partial charge in [0.15, 0.2) is 25.2 Å². The molecule has 30 atom stereocenters. The molecule has 0 radical (unpaired) electrons. The van der Waals surface area contributed by atoms with E-state index in [4.69, 9.17) is 47.4 Å². The lowest BCUT2D eigenvalue weighted by molar-refractivity contribution is -0.377. The van der Waals surface area contributed by atoms with E-state index < -0.39 is 264 Å². The second-order valence-corrected chi connectivity index (χ2v) is 21.7. The van der Waals surface area contributed by atoms with E-state index in [9.17, 15) is 124 Å². The zero-order chi connectivity index (χ0) is 63.9. The van der Waals surface area contributed by atoms with Crippen molar-refractivity contribution in [1.82, 2.24) is 16.0 Å². The first kappa shape index (κ1) is 72.4. The van der Waals surface area contributed by atoms with Crippen molar-refractivity contribution in [2.24, 2.45) is 0 Å². The monoisotopic (exact) mass is 1270 g/mol. The molecule has 0 unspecified atom stereocenters. The van der Waals surface area contributed by atoms with Gasteiger partial charge in [-0.3, -0.25) is 18.9 Å². The van der Waals surface area contributed by atoms with Crippen LogP contribution >= 0.6 is 0 Å². The molecule has 0 aromatic carbocycles. The van der Waals surface area contributed by atoms with E-state index in [2.05, 4.69) is 20.1 Å². The highest BCUT2D eigenvalue weighted by Gasteiger charge is 2.61. The van der Waals surface area contributed by atoms with Crippen LogP contribution in [-0.2, 0) is 81.1 Å². The number of aliphatic hydroxyl groups excluding tert-OH is 17. The molecule has 5 fully saturated rings. The van der Waals surface area contributed by atoms with Gasteiger partial charge in [-0.15, -0.1) is 0 Å². The number of nitrogens with one attached hydrogen (secondary N) is 3. The molecular weight excluding hydrogens is 1190 g/mol. The summed E-state index contributed by atoms with van der Waals surface area (Å²) < 4.78 is 94.9. The maximum Gasteiger partial charge on any atom is 0.397 e. The van der Waals surface area contributed by atoms with Crippen molar-refractivity contribution < 1.29 is 176 Å². The van der Waals surface area contributed by atoms with Crippen LogP contribution < -0.4 is 16.0 Å². The predicted molar refractivity (Wildman–Crippen MR) is 262 cm³/mol. The van der Waals surface area contributed by atoms with Crippen LogP contribution in [0.15, 0.2) is 0 Å². The number of carboxylic acid groups (broad SMARTS) is 1. The van der Waals surface area contributed by atoms with Gasteiger partial charge in [0.05, 0.1) is 63.9 Å². The van der Waals surface area contributed by atoms with Crippen molar-refractivity contribution in [2.75, 3.05) is 39.6 Å². The van der Waals surface area contributed by atoms with Gasteiger partial charge < -0.3 is 155 Å². The number of amides is 3. The molecule has 0 spiro atoms. The number of carboxylic acids is 1. The smallest absolute Gasteiger partial charge is 0.397 e. The van der Waals surface area contributed by atoms with E-state index in [-0.39, 0.29) is 0 Å². The van der Waals surface area contributed by atoms with Crippen LogP contribution in [0.4, 0.5) is 0 Å². The summed E-state index contributed by atoms with van der Waals surface area (Å²) in [5.74, 6) is -8.17. The molecule has 494 valence electrons. The summed E-state index contributed by atoms with van der Waals surface area (Å²) in [5.41, 5.74) is 0. The molecule has 22 N–H and O–H groups in total. The Balaban J connectivity index is 1.49. The summed E-state index contributed by atoms with van der Waals surface area (Å²) in [6.07, 6.45) is -56.8. The van der Waals surface area contributed by atoms with Gasteiger partial charge >= 0.3 is 16.4 Å². The Bertz CT molecular complexity index is 2290. The number of carbonyl (C=O) groups excluding carboxylic acids is 3. The average molecular weight is 1270 g/mol. The molecule has 85 heavy (non-hydrogen) atoms. The second kappa shape index (κ2) is 30.9. The summed E-state index contributed by atoms with van der Waals surface area (Å²) >= 11 is 0. The summed E-state index contributed by atoms with van der Waals surface area (Å²) in [5, 5.41) is 202. The standard InChI is InChI=1S/C45H77N3O36S/c1-12-25(60)30(65)31(66)41(75-12)81-37-24(48-15(4)56)40(78-22(10-53)35(37)80-43-33(68)39(84-85(71,72)73)29(64)21(9-52)77-43)74-11-19(59)27(62)34(16(6-49)46-13(2)54)79-42-32(67)38(28(63)20(8-51)76-42)83-45(44(69)70)5-17(57)23(47-14(3)55)36(82-45)26(61)18(58)7-50/h12,16-43,49-53,57-68H,5-11H2,1-4H3,(H,46,54)(H,47,55)(H,48,56)(H,69,70)(H,71,72,73)/t12-,16-,17-,18+,19+,20+,21+,22+,23+,24+,25+,26+,27-,28-,29-,30+,31-,32+,33+,34+,35+,36+,37+,38-,39-,40+,41-,42-,43-,45-/m0/s1. The van der Waals surface area contributed by atoms with E-state index >= 15 is 0 Å². The Morgan fingerprint density at radius 2 is 1.14 bits per heavy atom. The van der Waals surface area contributed by atoms with Crippen LogP contribution in [0.25, 0.3) is 0 Å². The Kier molecular flexibility index (Phi) is 26.3. The summed E-state index contributed by atoms with van der Waals surface area (Å²) in [6.45, 7) is -3.07. The van der Waals surface area contributed by atoms with Crippen molar-refractivity contribution in [3.63, 3.8) is 0 Å². The van der Waals surface area contributed by atoms with Crippen LogP contribution in [-0.4, -0.2) is 352 Å². The third-order valence-corrected chi connectivity index (χ3v) is 14.9. The average Bonchev–Trinajstić information content (AvgIpc) is 1.80. The van der Waals surface area contributed by atoms with Gasteiger partial charge in [0.25, 0.3) is 5.79 Å². The number of hydrogen-bond acceptors (Lipinski definition) is 34. The lowest BCUT2D eigenvalue weighted by Gasteiger charge is -2.50. The summed E-state index contributed by atoms with van der Waals surface area (Å²) in [6, 6.07) is -5.48. The zero-order valence-corrected chi connectivity index (χ0v) is 46.4. The van der Waals surface area contributed by atoms with E-state index in [1.165, 1.54) is 6.92 Å². The van der Waals surface area contributed by atoms with Crippen molar-refractivity contribution in [2.45, 2.75) is 217 Å². The summed E-state index contributed by atoms with van der Waals surface area (Å²) in [7, 11) is -5.48. The number of aliphatic hydroxyl groups is 17. The molecule has 39 nitrogen and oxygen atoms in total. The van der Waals surface area contributed by atoms with Crippen molar-refractivity contribution in [3.05, 3.63) is 0 Å². The number of ether oxygens (including phenoxy) is 10. The molecule has 5 rings (SSSR count). The number of carbonyl (C=O) groups is 4. The van der Waals surface area contributed by atoms with Crippen molar-refractivity contribution in [3.8, 4) is 0 Å². The van der Waals surface area contributed by atoms with Gasteiger partial charge in [0.2, 0.25) is 17.7 Å². The molecular formula is C45H77N3O36S. The quantitative estimate of drug-likeness (QED) is 0.0340. The molecule has 0 bridgehead atoms. The molecule has 40 heteroatoms. The largest absolute Gasteiger partial charge is 0.477 e. The van der Waals surface area contributed by atoms with Gasteiger partial charge in [-0.25, -0.2) is 8.98 Å². The highest BCUT2D eigenvalue weighted by molar-refractivity contribution is 7.80. The minimum Gasteiger partial charge on any atom is -0.477 e. The molecule has 5 saturated heterocycles. The van der Waals surface area contributed by atoms with Crippen LogP contribution in [0.1, 0.15) is 34.1 Å². The normalized spacial score (nSPS) is 41.3. The first-order valence-electron chi connectivity index (χ1n) is 26.2. The lowest BCUT2D eigenvalue weighted by atomic mass is 9.88. The number of rotatable bonds is 27. The molecule has 5 aliphatic heterocycles. The minimum atomic E-state index is -5.48. The zero-order valence-electron chi connectivity index (χ0n) is 45.5. The Hall–Kier alpha value is -3.33. The highest BCUT2D eigenvalue weighted by Crippen LogP contribution is 2.39. The van der Waals surface area contributed by atoms with Gasteiger partial charge in [0, 0.05) is 27.2 Å². The molecule has 5 heterocycles. The van der Waals surface area contributed by atoms with Gasteiger partial charge in [-0.1, -0.05) is 0 Å². The molecule has 0 aliphatic carbocycles. The van der Waals surface area contributed by atoms with Gasteiger partial charge in [-0.2, -0.15) is 8.42 Å². The Labute approximate surface area is 481 Å². The van der Waals surface area contributed by atoms with Gasteiger partial charge in [-0.05, 0) is 6.92 Å². The third-order valence-electron chi connectivity index (χ3n) is 14.4. The Morgan fingerprint density at radius 3 is 1.67 bits per heavy atom. The highest BCUT2D eigenvalue weighted by atomic mass is 32.3. The van der Waals surface area contributed by atoms with E-state index in [1.807, 2.05) is 0 Å². The van der Waals surface area contributed by atoms with Crippen LogP contribution in [0.5, 0.6) is 0 Å². The fourth-order valence-corrected chi connectivity index (χ4v) is 10.6. The predicted octanol–water partition coefficient (Wildman–Crippen LogP) is -14.0. The number of aliphatic carboxylic acids is 1. The Morgan fingerprint density at radius 1 is 0.612 bits per heavy atom.